The first kappa shape index (κ1) is 20.9. The van der Waals surface area contributed by atoms with Crippen LogP contribution in [-0.4, -0.2) is 29.2 Å². The Labute approximate surface area is 186 Å². The quantitative estimate of drug-likeness (QED) is 0.422. The van der Waals surface area contributed by atoms with Crippen LogP contribution in [0.3, 0.4) is 0 Å². The van der Waals surface area contributed by atoms with Gasteiger partial charge in [-0.05, 0) is 29.8 Å². The maximum absolute atomic E-state index is 6.55. The highest BCUT2D eigenvalue weighted by Gasteiger charge is 2.19. The second-order valence-corrected chi connectivity index (χ2v) is 6.91. The molecule has 8 nitrogen and oxygen atoms in total. The molecular formula is C24H24N6O2. The number of nitrogens with zero attached hydrogens (tertiary/aromatic N) is 4. The molecule has 0 unspecified atom stereocenters. The van der Waals surface area contributed by atoms with Crippen LogP contribution in [0, 0.1) is 0 Å². The molecule has 8 heteroatoms. The molecule has 0 bridgehead atoms. The Balaban J connectivity index is 1.72. The van der Waals surface area contributed by atoms with Crippen molar-refractivity contribution in [3.05, 3.63) is 84.8 Å². The van der Waals surface area contributed by atoms with E-state index in [1.165, 1.54) is 6.33 Å². The van der Waals surface area contributed by atoms with E-state index in [0.29, 0.717) is 41.1 Å². The van der Waals surface area contributed by atoms with Crippen molar-refractivity contribution in [2.75, 3.05) is 30.2 Å². The van der Waals surface area contributed by atoms with E-state index >= 15 is 0 Å². The van der Waals surface area contributed by atoms with E-state index in [-0.39, 0.29) is 0 Å². The highest BCUT2D eigenvalue weighted by atomic mass is 16.5. The summed E-state index contributed by atoms with van der Waals surface area (Å²) >= 11 is 0. The summed E-state index contributed by atoms with van der Waals surface area (Å²) < 4.78 is 10.7. The third kappa shape index (κ3) is 4.54. The fourth-order valence-electron chi connectivity index (χ4n) is 3.27. The van der Waals surface area contributed by atoms with Crippen molar-refractivity contribution in [1.29, 1.82) is 0 Å². The molecule has 32 heavy (non-hydrogen) atoms. The molecule has 0 aliphatic carbocycles. The summed E-state index contributed by atoms with van der Waals surface area (Å²) in [5.41, 5.74) is 8.75. The number of benzene rings is 2. The molecule has 0 atom stereocenters. The number of nitrogens with two attached hydrogens (primary N) is 1. The average Bonchev–Trinajstić information content (AvgIpc) is 2.85. The summed E-state index contributed by atoms with van der Waals surface area (Å²) in [5.74, 6) is 3.04. The normalized spacial score (nSPS) is 10.4. The zero-order valence-electron chi connectivity index (χ0n) is 17.9. The van der Waals surface area contributed by atoms with Crippen LogP contribution in [0.25, 0.3) is 0 Å². The zero-order valence-corrected chi connectivity index (χ0v) is 17.9. The molecule has 0 spiro atoms. The van der Waals surface area contributed by atoms with Crippen LogP contribution in [-0.2, 0) is 6.54 Å². The summed E-state index contributed by atoms with van der Waals surface area (Å²) in [4.78, 5) is 15.3. The van der Waals surface area contributed by atoms with Gasteiger partial charge in [-0.2, -0.15) is 0 Å². The number of rotatable bonds is 8. The van der Waals surface area contributed by atoms with E-state index in [2.05, 4.69) is 32.4 Å². The highest BCUT2D eigenvalue weighted by molar-refractivity contribution is 5.82. The number of anilines is 5. The third-order valence-corrected chi connectivity index (χ3v) is 4.89. The van der Waals surface area contributed by atoms with E-state index in [4.69, 9.17) is 15.2 Å². The van der Waals surface area contributed by atoms with Crippen molar-refractivity contribution in [3.63, 3.8) is 0 Å². The van der Waals surface area contributed by atoms with Crippen LogP contribution in [0.4, 0.5) is 28.8 Å². The Hall–Kier alpha value is -4.33. The lowest BCUT2D eigenvalue weighted by molar-refractivity contribution is 0.395. The van der Waals surface area contributed by atoms with Crippen molar-refractivity contribution >= 4 is 28.8 Å². The molecule has 2 aromatic carbocycles. The minimum absolute atomic E-state index is 0.395. The average molecular weight is 428 g/mol. The fraction of sp³-hybridized carbons (Fsp3) is 0.125. The van der Waals surface area contributed by atoms with Crippen LogP contribution in [0.1, 0.15) is 5.56 Å². The van der Waals surface area contributed by atoms with Crippen molar-refractivity contribution in [2.24, 2.45) is 0 Å². The molecule has 0 aliphatic heterocycles. The molecule has 2 aromatic heterocycles. The highest BCUT2D eigenvalue weighted by Crippen LogP contribution is 2.36. The summed E-state index contributed by atoms with van der Waals surface area (Å²) in [7, 11) is 3.20. The number of hydrogen-bond acceptors (Lipinski definition) is 8. The maximum atomic E-state index is 6.55. The Morgan fingerprint density at radius 2 is 1.72 bits per heavy atom. The summed E-state index contributed by atoms with van der Waals surface area (Å²) in [6.07, 6.45) is 3.22. The van der Waals surface area contributed by atoms with Crippen LogP contribution in [0.5, 0.6) is 11.5 Å². The molecule has 4 aromatic rings. The van der Waals surface area contributed by atoms with E-state index < -0.39 is 0 Å². The van der Waals surface area contributed by atoms with Crippen LogP contribution in [0.2, 0.25) is 0 Å². The minimum Gasteiger partial charge on any atom is -0.497 e. The van der Waals surface area contributed by atoms with Gasteiger partial charge in [-0.25, -0.2) is 15.0 Å². The summed E-state index contributed by atoms with van der Waals surface area (Å²) in [6.45, 7) is 0.546. The van der Waals surface area contributed by atoms with Gasteiger partial charge in [0.05, 0.1) is 26.5 Å². The van der Waals surface area contributed by atoms with Crippen molar-refractivity contribution < 1.29 is 9.47 Å². The van der Waals surface area contributed by atoms with Gasteiger partial charge >= 0.3 is 0 Å². The lowest BCUT2D eigenvalue weighted by Crippen LogP contribution is -2.21. The molecule has 2 heterocycles. The summed E-state index contributed by atoms with van der Waals surface area (Å²) in [6, 6.07) is 21.3. The predicted molar refractivity (Wildman–Crippen MR) is 126 cm³/mol. The number of aromatic nitrogens is 3. The lowest BCUT2D eigenvalue weighted by Gasteiger charge is -2.25. The molecule has 0 amide bonds. The molecule has 0 radical (unpaired) electrons. The largest absolute Gasteiger partial charge is 0.497 e. The number of ether oxygens (including phenoxy) is 2. The molecule has 162 valence electrons. The van der Waals surface area contributed by atoms with Crippen molar-refractivity contribution in [2.45, 2.75) is 6.54 Å². The van der Waals surface area contributed by atoms with Gasteiger partial charge in [0.25, 0.3) is 0 Å². The molecular weight excluding hydrogens is 404 g/mol. The maximum Gasteiger partial charge on any atom is 0.163 e. The van der Waals surface area contributed by atoms with E-state index in [9.17, 15) is 0 Å². The SMILES string of the molecule is COc1ccc(Nc2ncnc(N(Cc3ccccc3)c3ccccn3)c2N)c(OC)c1. The van der Waals surface area contributed by atoms with Gasteiger partial charge < -0.3 is 25.4 Å². The number of hydrogen-bond donors (Lipinski definition) is 2. The molecule has 0 fully saturated rings. The fourth-order valence-corrected chi connectivity index (χ4v) is 3.27. The second-order valence-electron chi connectivity index (χ2n) is 6.91. The first-order valence-corrected chi connectivity index (χ1v) is 10.0. The van der Waals surface area contributed by atoms with Gasteiger partial charge in [0.2, 0.25) is 0 Å². The Bertz CT molecular complexity index is 1170. The van der Waals surface area contributed by atoms with Gasteiger partial charge in [0.1, 0.15) is 29.3 Å². The molecule has 0 saturated heterocycles. The Morgan fingerprint density at radius 1 is 0.906 bits per heavy atom. The smallest absolute Gasteiger partial charge is 0.163 e. The van der Waals surface area contributed by atoms with Gasteiger partial charge in [0.15, 0.2) is 11.6 Å². The van der Waals surface area contributed by atoms with Gasteiger partial charge in [-0.3, -0.25) is 0 Å². The van der Waals surface area contributed by atoms with E-state index in [0.717, 1.165) is 11.4 Å². The van der Waals surface area contributed by atoms with E-state index in [1.807, 2.05) is 53.4 Å². The molecule has 0 saturated carbocycles. The Kier molecular flexibility index (Phi) is 6.31. The van der Waals surface area contributed by atoms with Crippen LogP contribution >= 0.6 is 0 Å². The topological polar surface area (TPSA) is 98.4 Å². The first-order chi connectivity index (χ1) is 15.7. The summed E-state index contributed by atoms with van der Waals surface area (Å²) in [5, 5.41) is 3.25. The van der Waals surface area contributed by atoms with Gasteiger partial charge in [-0.1, -0.05) is 36.4 Å². The molecule has 3 N–H and O–H groups in total. The second kappa shape index (κ2) is 9.65. The number of nitrogen functional groups attached to an aromatic ring is 1. The third-order valence-electron chi connectivity index (χ3n) is 4.89. The Morgan fingerprint density at radius 3 is 2.44 bits per heavy atom. The number of pyridine rings is 1. The predicted octanol–water partition coefficient (Wildman–Crippen LogP) is 4.55. The van der Waals surface area contributed by atoms with Crippen LogP contribution in [0.15, 0.2) is 79.3 Å². The molecule has 0 aliphatic rings. The zero-order chi connectivity index (χ0) is 22.3. The van der Waals surface area contributed by atoms with Crippen molar-refractivity contribution in [3.8, 4) is 11.5 Å². The number of nitrogens with one attached hydrogen (secondary N) is 1. The number of methoxy groups -OCH3 is 2. The van der Waals surface area contributed by atoms with Crippen LogP contribution < -0.4 is 25.4 Å². The standard InChI is InChI=1S/C24H24N6O2/c1-31-18-11-12-19(20(14-18)32-2)29-23-22(25)24(28-16-27-23)30(21-10-6-7-13-26-21)15-17-8-4-3-5-9-17/h3-14,16H,15,25H2,1-2H3,(H,27,28,29). The monoisotopic (exact) mass is 428 g/mol. The van der Waals surface area contributed by atoms with Gasteiger partial charge in [-0.15, -0.1) is 0 Å². The lowest BCUT2D eigenvalue weighted by atomic mass is 10.2. The first-order valence-electron chi connectivity index (χ1n) is 10.0. The van der Waals surface area contributed by atoms with Gasteiger partial charge in [0, 0.05) is 12.3 Å². The molecule has 4 rings (SSSR count). The minimum atomic E-state index is 0.395. The van der Waals surface area contributed by atoms with E-state index in [1.54, 1.807) is 26.5 Å². The van der Waals surface area contributed by atoms with Crippen molar-refractivity contribution in [1.82, 2.24) is 15.0 Å².